The lowest BCUT2D eigenvalue weighted by molar-refractivity contribution is -0.155. The average molecular weight is 618 g/mol. The number of aliphatic hydroxyl groups excluding tert-OH is 2. The van der Waals surface area contributed by atoms with Crippen LogP contribution in [-0.4, -0.2) is 75.6 Å². The van der Waals surface area contributed by atoms with Crippen molar-refractivity contribution in [3.63, 3.8) is 0 Å². The normalized spacial score (nSPS) is 24.7. The minimum atomic E-state index is -2.62. The Morgan fingerprint density at radius 2 is 1.82 bits per heavy atom. The molecule has 0 saturated heterocycles. The van der Waals surface area contributed by atoms with Crippen LogP contribution in [0.1, 0.15) is 49.4 Å². The highest BCUT2D eigenvalue weighted by atomic mass is 16.3. The Labute approximate surface area is 263 Å². The summed E-state index contributed by atoms with van der Waals surface area (Å²) in [6.07, 6.45) is 1.07. The fourth-order valence-corrected chi connectivity index (χ4v) is 7.57. The summed E-state index contributed by atoms with van der Waals surface area (Å²) in [7, 11) is 4.04. The third kappa shape index (κ3) is 5.24. The van der Waals surface area contributed by atoms with Crippen LogP contribution >= 0.6 is 0 Å². The van der Waals surface area contributed by atoms with E-state index in [1.165, 1.54) is 6.07 Å². The van der Waals surface area contributed by atoms with Crippen molar-refractivity contribution in [1.29, 1.82) is 0 Å². The van der Waals surface area contributed by atoms with Crippen LogP contribution in [0.4, 0.5) is 0 Å². The number of phenolic OH excluding ortho intramolecular Hbond substituents is 1. The van der Waals surface area contributed by atoms with Gasteiger partial charge in [0.2, 0.25) is 5.78 Å². The molecule has 4 atom stereocenters. The maximum Gasteiger partial charge on any atom is 0.255 e. The fraction of sp³-hybridized carbons (Fsp3) is 0.457. The Bertz CT molecular complexity index is 1640. The zero-order valence-electron chi connectivity index (χ0n) is 26.5. The van der Waals surface area contributed by atoms with E-state index in [2.05, 4.69) is 35.3 Å². The first-order valence-electron chi connectivity index (χ1n) is 15.5. The summed E-state index contributed by atoms with van der Waals surface area (Å²) in [5.41, 5.74) is 6.55. The van der Waals surface area contributed by atoms with Crippen molar-refractivity contribution >= 4 is 23.2 Å². The van der Waals surface area contributed by atoms with Crippen molar-refractivity contribution in [3.05, 3.63) is 69.5 Å². The van der Waals surface area contributed by atoms with E-state index in [4.69, 9.17) is 5.73 Å². The lowest BCUT2D eigenvalue weighted by atomic mass is 9.54. The van der Waals surface area contributed by atoms with Gasteiger partial charge in [-0.3, -0.25) is 14.4 Å². The van der Waals surface area contributed by atoms with E-state index in [-0.39, 0.29) is 35.6 Å². The number of aromatic hydroxyl groups is 1. The molecular formula is C35H43N3O7. The number of hydrogen-bond acceptors (Lipinski definition) is 9. The molecule has 45 heavy (non-hydrogen) atoms. The molecule has 10 nitrogen and oxygen atoms in total. The lowest BCUT2D eigenvalue weighted by Gasteiger charge is -2.50. The Kier molecular flexibility index (Phi) is 8.70. The minimum absolute atomic E-state index is 0.0807. The number of carbonyl (C=O) groups excluding carboxylic acids is 3. The van der Waals surface area contributed by atoms with Gasteiger partial charge in [-0.1, -0.05) is 39.0 Å². The van der Waals surface area contributed by atoms with Gasteiger partial charge in [0.25, 0.3) is 5.91 Å². The second-order valence-corrected chi connectivity index (χ2v) is 13.1. The molecule has 10 heteroatoms. The standard InChI is InChI=1S/C35H43N3O7/c1-6-19-8-7-18(16-37-11-12-38(4)5)13-22(19)21-9-10-25(39)28-23(21)14-20-15-24-26(17(2)3)30(40)29(34(36)44)33(43)35(24,45)32(42)27(20)31(28)41/h7-10,13,17,20,24,26,37,39,41,43,45H,6,11-12,14-16H2,1-5H3,(H2,36,44)/t20-,24-,26-,35-/m0/s1. The number of aliphatic hydroxyl groups is 3. The Balaban J connectivity index is 1.64. The monoisotopic (exact) mass is 617 g/mol. The molecule has 5 rings (SSSR count). The SMILES string of the molecule is CCc1ccc(CNCCN(C)C)cc1-c1ccc(O)c2c1C[C@H]1C[C@H]3[C@H](C(C)C)C(=O)C(C(N)=O)=C(O)[C@@]3(O)C(=O)C1=C2O. The molecule has 1 amide bonds. The smallest absolute Gasteiger partial charge is 0.255 e. The molecule has 0 radical (unpaired) electrons. The molecule has 0 aliphatic heterocycles. The number of likely N-dealkylation sites (N-methyl/N-ethyl adjacent to an activating group) is 1. The Hall–Kier alpha value is -3.99. The number of benzene rings is 2. The van der Waals surface area contributed by atoms with Crippen molar-refractivity contribution in [2.24, 2.45) is 29.4 Å². The van der Waals surface area contributed by atoms with Gasteiger partial charge in [-0.2, -0.15) is 0 Å². The first kappa shape index (κ1) is 32.4. The van der Waals surface area contributed by atoms with Gasteiger partial charge in [-0.15, -0.1) is 0 Å². The minimum Gasteiger partial charge on any atom is -0.508 e. The highest BCUT2D eigenvalue weighted by molar-refractivity contribution is 6.23. The number of amides is 1. The maximum absolute atomic E-state index is 14.2. The molecule has 0 heterocycles. The summed E-state index contributed by atoms with van der Waals surface area (Å²) in [6.45, 7) is 7.94. The summed E-state index contributed by atoms with van der Waals surface area (Å²) >= 11 is 0. The second-order valence-electron chi connectivity index (χ2n) is 13.1. The van der Waals surface area contributed by atoms with Gasteiger partial charge in [-0.25, -0.2) is 0 Å². The number of rotatable bonds is 9. The van der Waals surface area contributed by atoms with Gasteiger partial charge >= 0.3 is 0 Å². The largest absolute Gasteiger partial charge is 0.508 e. The molecule has 3 aliphatic carbocycles. The van der Waals surface area contributed by atoms with E-state index in [0.717, 1.165) is 41.8 Å². The quantitative estimate of drug-likeness (QED) is 0.182. The Morgan fingerprint density at radius 1 is 1.11 bits per heavy atom. The predicted octanol–water partition coefficient (Wildman–Crippen LogP) is 3.19. The summed E-state index contributed by atoms with van der Waals surface area (Å²) < 4.78 is 0. The molecule has 240 valence electrons. The van der Waals surface area contributed by atoms with Crippen LogP contribution in [0.15, 0.2) is 47.2 Å². The van der Waals surface area contributed by atoms with Crippen LogP contribution in [0, 0.1) is 23.7 Å². The van der Waals surface area contributed by atoms with Crippen molar-refractivity contribution in [3.8, 4) is 16.9 Å². The summed E-state index contributed by atoms with van der Waals surface area (Å²) in [6, 6.07) is 9.57. The summed E-state index contributed by atoms with van der Waals surface area (Å²) in [4.78, 5) is 41.9. The number of hydrogen-bond donors (Lipinski definition) is 6. The van der Waals surface area contributed by atoms with E-state index in [1.54, 1.807) is 13.8 Å². The van der Waals surface area contributed by atoms with Crippen LogP contribution < -0.4 is 11.1 Å². The van der Waals surface area contributed by atoms with E-state index in [9.17, 15) is 34.8 Å². The van der Waals surface area contributed by atoms with Crippen LogP contribution in [0.5, 0.6) is 5.75 Å². The molecule has 3 aliphatic rings. The Morgan fingerprint density at radius 3 is 2.44 bits per heavy atom. The average Bonchev–Trinajstić information content (AvgIpc) is 2.97. The van der Waals surface area contributed by atoms with Gasteiger partial charge in [-0.05, 0) is 85.1 Å². The van der Waals surface area contributed by atoms with Crippen LogP contribution in [-0.2, 0) is 33.8 Å². The molecule has 1 saturated carbocycles. The van der Waals surface area contributed by atoms with Gasteiger partial charge in [0.15, 0.2) is 11.4 Å². The lowest BCUT2D eigenvalue weighted by Crippen LogP contribution is -2.62. The van der Waals surface area contributed by atoms with Gasteiger partial charge in [0, 0.05) is 37.0 Å². The number of nitrogens with zero attached hydrogens (tertiary/aromatic N) is 1. The van der Waals surface area contributed by atoms with E-state index in [0.29, 0.717) is 12.1 Å². The summed E-state index contributed by atoms with van der Waals surface area (Å²) in [5.74, 6) is -7.73. The molecule has 1 fully saturated rings. The van der Waals surface area contributed by atoms with E-state index >= 15 is 0 Å². The molecule has 0 bridgehead atoms. The maximum atomic E-state index is 14.2. The first-order valence-corrected chi connectivity index (χ1v) is 15.5. The molecule has 2 aromatic carbocycles. The second kappa shape index (κ2) is 12.1. The third-order valence-corrected chi connectivity index (χ3v) is 9.76. The number of carbonyl (C=O) groups is 3. The molecular weight excluding hydrogens is 574 g/mol. The van der Waals surface area contributed by atoms with Crippen LogP contribution in [0.2, 0.25) is 0 Å². The predicted molar refractivity (Wildman–Crippen MR) is 170 cm³/mol. The van der Waals surface area contributed by atoms with Crippen LogP contribution in [0.3, 0.4) is 0 Å². The number of aryl methyl sites for hydroxylation is 1. The highest BCUT2D eigenvalue weighted by Gasteiger charge is 2.64. The zero-order valence-corrected chi connectivity index (χ0v) is 26.5. The number of fused-ring (bicyclic) bond motifs is 3. The molecule has 2 aromatic rings. The number of phenols is 1. The van der Waals surface area contributed by atoms with E-state index < -0.39 is 57.9 Å². The molecule has 0 aromatic heterocycles. The van der Waals surface area contributed by atoms with E-state index in [1.807, 2.05) is 20.2 Å². The summed E-state index contributed by atoms with van der Waals surface area (Å²) in [5, 5.41) is 49.1. The van der Waals surface area contributed by atoms with Gasteiger partial charge in [0.1, 0.15) is 22.8 Å². The highest BCUT2D eigenvalue weighted by Crippen LogP contribution is 2.55. The van der Waals surface area contributed by atoms with Crippen molar-refractivity contribution in [2.45, 2.75) is 52.2 Å². The van der Waals surface area contributed by atoms with Crippen molar-refractivity contribution < 1.29 is 34.8 Å². The van der Waals surface area contributed by atoms with Gasteiger partial charge < -0.3 is 36.4 Å². The number of nitrogens with one attached hydrogen (secondary N) is 1. The third-order valence-electron chi connectivity index (χ3n) is 9.76. The number of primary amides is 1. The number of nitrogens with two attached hydrogens (primary N) is 1. The van der Waals surface area contributed by atoms with Crippen molar-refractivity contribution in [2.75, 3.05) is 27.2 Å². The number of Topliss-reactive ketones (excluding diaryl/α,β-unsaturated/α-hetero) is 2. The van der Waals surface area contributed by atoms with Gasteiger partial charge in [0.05, 0.1) is 5.56 Å². The van der Waals surface area contributed by atoms with Crippen molar-refractivity contribution in [1.82, 2.24) is 10.2 Å². The van der Waals surface area contributed by atoms with Crippen LogP contribution in [0.25, 0.3) is 16.9 Å². The molecule has 0 spiro atoms. The first-order chi connectivity index (χ1) is 21.2. The molecule has 0 unspecified atom stereocenters. The fourth-order valence-electron chi connectivity index (χ4n) is 7.57. The zero-order chi connectivity index (χ0) is 33.0. The molecule has 7 N–H and O–H groups in total. The topological polar surface area (TPSA) is 173 Å². The number of ketones is 2.